The Morgan fingerprint density at radius 1 is 1.00 bits per heavy atom. The molecule has 0 heterocycles. The summed E-state index contributed by atoms with van der Waals surface area (Å²) in [6, 6.07) is 9.00. The molecule has 0 fully saturated rings. The highest BCUT2D eigenvalue weighted by Crippen LogP contribution is 2.26. The summed E-state index contributed by atoms with van der Waals surface area (Å²) in [5, 5.41) is 1.98. The Labute approximate surface area is 176 Å². The lowest BCUT2D eigenvalue weighted by molar-refractivity contribution is 0.587. The largest absolute Gasteiger partial charge is 0.204 e. The summed E-state index contributed by atoms with van der Waals surface area (Å²) >= 11 is 4.41. The number of hydrogen-bond donors (Lipinski definition) is 0. The Morgan fingerprint density at radius 3 is 2.52 bits per heavy atom. The zero-order valence-electron chi connectivity index (χ0n) is 16.5. The van der Waals surface area contributed by atoms with Crippen LogP contribution >= 0.6 is 12.2 Å². The molecule has 0 aliphatic heterocycles. The molecule has 0 aromatic heterocycles. The first-order chi connectivity index (χ1) is 14.1. The first kappa shape index (κ1) is 21.1. The Balaban J connectivity index is 1.74. The van der Waals surface area contributed by atoms with Gasteiger partial charge in [-0.05, 0) is 72.8 Å². The molecule has 0 saturated heterocycles. The Kier molecular flexibility index (Phi) is 7.47. The van der Waals surface area contributed by atoms with Gasteiger partial charge in [0.2, 0.25) is 0 Å². The lowest BCUT2D eigenvalue weighted by Gasteiger charge is -2.15. The molecule has 3 rings (SSSR count). The first-order valence-electron chi connectivity index (χ1n) is 10.0. The zero-order chi connectivity index (χ0) is 20.6. The van der Waals surface area contributed by atoms with Gasteiger partial charge in [-0.3, -0.25) is 0 Å². The Bertz CT molecular complexity index is 1010. The van der Waals surface area contributed by atoms with Crippen LogP contribution in [-0.4, -0.2) is 5.16 Å². The van der Waals surface area contributed by atoms with Crippen molar-refractivity contribution >= 4 is 29.1 Å². The van der Waals surface area contributed by atoms with Crippen molar-refractivity contribution in [3.05, 3.63) is 69.8 Å². The van der Waals surface area contributed by atoms with Crippen LogP contribution in [0.4, 0.5) is 14.5 Å². The minimum atomic E-state index is -0.791. The molecule has 0 amide bonds. The number of nitrogens with zero attached hydrogens (tertiary/aromatic N) is 1. The number of rotatable bonds is 6. The predicted octanol–water partition coefficient (Wildman–Crippen LogP) is 7.20. The summed E-state index contributed by atoms with van der Waals surface area (Å²) < 4.78 is 27.9. The van der Waals surface area contributed by atoms with E-state index in [1.165, 1.54) is 54.5 Å². The van der Waals surface area contributed by atoms with E-state index in [-0.39, 0.29) is 5.56 Å². The number of isothiocyanates is 1. The van der Waals surface area contributed by atoms with Gasteiger partial charge < -0.3 is 0 Å². The van der Waals surface area contributed by atoms with Crippen molar-refractivity contribution in [3.63, 3.8) is 0 Å². The van der Waals surface area contributed by atoms with Crippen LogP contribution in [0, 0.1) is 23.5 Å². The molecule has 1 aliphatic carbocycles. The minimum Gasteiger partial charge on any atom is -0.204 e. The standard InChI is InChI=1S/C25H23F2NS/c1-2-3-4-5-6-18-9-11-22-14-19(10-12-21(22)13-18)7-8-20-15-23(26)25(28-17-29)24(27)16-20/h9,11,13-16H,2-6,10,12H2,1H3. The molecule has 0 unspecified atom stereocenters. The van der Waals surface area contributed by atoms with Crippen LogP contribution in [0.5, 0.6) is 0 Å². The SMILES string of the molecule is CCCCCCc1ccc2c(c1)CCC(C#Cc1cc(F)c(N=C=S)c(F)c1)=C2. The third-order valence-electron chi connectivity index (χ3n) is 5.06. The monoisotopic (exact) mass is 407 g/mol. The third-order valence-corrected chi connectivity index (χ3v) is 5.15. The second-order valence-corrected chi connectivity index (χ2v) is 7.44. The molecule has 0 radical (unpaired) electrons. The number of thiocarbonyl (C=S) groups is 1. The van der Waals surface area contributed by atoms with Crippen molar-refractivity contribution in [3.8, 4) is 11.8 Å². The topological polar surface area (TPSA) is 12.4 Å². The van der Waals surface area contributed by atoms with Crippen LogP contribution in [0.3, 0.4) is 0 Å². The zero-order valence-corrected chi connectivity index (χ0v) is 17.3. The number of allylic oxidation sites excluding steroid dienone is 1. The minimum absolute atomic E-state index is 0.275. The van der Waals surface area contributed by atoms with E-state index in [2.05, 4.69) is 60.3 Å². The maximum Gasteiger partial charge on any atom is 0.153 e. The number of benzene rings is 2. The van der Waals surface area contributed by atoms with Crippen molar-refractivity contribution in [2.24, 2.45) is 4.99 Å². The molecule has 4 heteroatoms. The third kappa shape index (κ3) is 5.70. The van der Waals surface area contributed by atoms with Crippen molar-refractivity contribution in [2.75, 3.05) is 0 Å². The lowest BCUT2D eigenvalue weighted by atomic mass is 9.90. The van der Waals surface area contributed by atoms with Crippen molar-refractivity contribution < 1.29 is 8.78 Å². The van der Waals surface area contributed by atoms with Gasteiger partial charge in [0.25, 0.3) is 0 Å². The number of aliphatic imine (C=N–C) groups is 1. The molecule has 0 atom stereocenters. The summed E-state index contributed by atoms with van der Waals surface area (Å²) in [7, 11) is 0. The molecule has 0 spiro atoms. The normalized spacial score (nSPS) is 12.3. The fourth-order valence-corrected chi connectivity index (χ4v) is 3.59. The molecular formula is C25H23F2NS. The van der Waals surface area contributed by atoms with E-state index >= 15 is 0 Å². The van der Waals surface area contributed by atoms with Gasteiger partial charge in [-0.15, -0.1) is 0 Å². The van der Waals surface area contributed by atoms with Gasteiger partial charge in [0, 0.05) is 11.1 Å². The smallest absolute Gasteiger partial charge is 0.153 e. The summed E-state index contributed by atoms with van der Waals surface area (Å²) in [5.74, 6) is 4.34. The van der Waals surface area contributed by atoms with Gasteiger partial charge >= 0.3 is 0 Å². The number of hydrogen-bond acceptors (Lipinski definition) is 2. The van der Waals surface area contributed by atoms with Crippen LogP contribution in [0.1, 0.15) is 61.3 Å². The average molecular weight is 408 g/mol. The van der Waals surface area contributed by atoms with Gasteiger partial charge in [-0.25, -0.2) is 8.78 Å². The highest BCUT2D eigenvalue weighted by molar-refractivity contribution is 7.78. The summed E-state index contributed by atoms with van der Waals surface area (Å²) in [6.45, 7) is 2.23. The molecule has 0 bridgehead atoms. The van der Waals surface area contributed by atoms with Crippen molar-refractivity contribution in [2.45, 2.75) is 51.9 Å². The molecule has 29 heavy (non-hydrogen) atoms. The van der Waals surface area contributed by atoms with Crippen molar-refractivity contribution in [1.82, 2.24) is 0 Å². The van der Waals surface area contributed by atoms with E-state index in [1.807, 2.05) is 5.16 Å². The highest BCUT2D eigenvalue weighted by atomic mass is 32.1. The second-order valence-electron chi connectivity index (χ2n) is 7.25. The summed E-state index contributed by atoms with van der Waals surface area (Å²) in [4.78, 5) is 3.41. The molecule has 1 aliphatic rings. The predicted molar refractivity (Wildman–Crippen MR) is 119 cm³/mol. The van der Waals surface area contributed by atoms with Gasteiger partial charge in [-0.1, -0.05) is 56.2 Å². The fourth-order valence-electron chi connectivity index (χ4n) is 3.50. The number of aryl methyl sites for hydroxylation is 2. The number of fused-ring (bicyclic) bond motifs is 1. The number of halogens is 2. The van der Waals surface area contributed by atoms with E-state index in [0.29, 0.717) is 0 Å². The van der Waals surface area contributed by atoms with Crippen LogP contribution in [0.2, 0.25) is 0 Å². The van der Waals surface area contributed by atoms with Gasteiger partial charge in [-0.2, -0.15) is 4.99 Å². The Morgan fingerprint density at radius 2 is 1.79 bits per heavy atom. The summed E-state index contributed by atoms with van der Waals surface area (Å²) in [5.41, 5.74) is 4.74. The summed E-state index contributed by atoms with van der Waals surface area (Å²) in [6.07, 6.45) is 10.0. The highest BCUT2D eigenvalue weighted by Gasteiger charge is 2.11. The van der Waals surface area contributed by atoms with E-state index < -0.39 is 17.3 Å². The van der Waals surface area contributed by atoms with Gasteiger partial charge in [0.05, 0.1) is 5.16 Å². The molecule has 0 saturated carbocycles. The van der Waals surface area contributed by atoms with Crippen LogP contribution in [-0.2, 0) is 12.8 Å². The molecule has 2 aromatic carbocycles. The van der Waals surface area contributed by atoms with Gasteiger partial charge in [0.15, 0.2) is 11.6 Å². The number of unbranched alkanes of at least 4 members (excludes halogenated alkanes) is 3. The average Bonchev–Trinajstić information content (AvgIpc) is 2.72. The lowest BCUT2D eigenvalue weighted by Crippen LogP contribution is -2.00. The van der Waals surface area contributed by atoms with Crippen LogP contribution in [0.25, 0.3) is 6.08 Å². The van der Waals surface area contributed by atoms with Crippen LogP contribution < -0.4 is 0 Å². The molecule has 1 nitrogen and oxygen atoms in total. The van der Waals surface area contributed by atoms with E-state index in [4.69, 9.17) is 0 Å². The van der Waals surface area contributed by atoms with E-state index in [0.717, 1.165) is 24.8 Å². The first-order valence-corrected chi connectivity index (χ1v) is 10.4. The maximum absolute atomic E-state index is 13.9. The maximum atomic E-state index is 13.9. The van der Waals surface area contributed by atoms with Crippen LogP contribution in [0.15, 0.2) is 40.9 Å². The quantitative estimate of drug-likeness (QED) is 0.213. The van der Waals surface area contributed by atoms with Gasteiger partial charge in [0.1, 0.15) is 5.69 Å². The second kappa shape index (κ2) is 10.3. The molecule has 148 valence electrons. The van der Waals surface area contributed by atoms with E-state index in [9.17, 15) is 8.78 Å². The van der Waals surface area contributed by atoms with Crippen molar-refractivity contribution in [1.29, 1.82) is 0 Å². The fraction of sp³-hybridized carbons (Fsp3) is 0.320. The Hall–Kier alpha value is -2.60. The molecule has 0 N–H and O–H groups in total. The van der Waals surface area contributed by atoms with E-state index in [1.54, 1.807) is 0 Å². The molecule has 2 aromatic rings. The molecular weight excluding hydrogens is 384 g/mol.